The predicted octanol–water partition coefficient (Wildman–Crippen LogP) is 1.54. The summed E-state index contributed by atoms with van der Waals surface area (Å²) in [6, 6.07) is 7.90. The van der Waals surface area contributed by atoms with Gasteiger partial charge in [-0.25, -0.2) is 14.4 Å². The average Bonchev–Trinajstić information content (AvgIpc) is 2.39. The van der Waals surface area contributed by atoms with Crippen LogP contribution in [-0.4, -0.2) is 34.9 Å². The topological polar surface area (TPSA) is 55.2 Å². The van der Waals surface area contributed by atoms with E-state index in [1.807, 2.05) is 0 Å². The lowest BCUT2D eigenvalue weighted by atomic mass is 9.86. The minimum atomic E-state index is -0.490. The quantitative estimate of drug-likeness (QED) is 0.909. The number of aromatic nitrogens is 2. The highest BCUT2D eigenvalue weighted by Gasteiger charge is 2.42. The maximum Gasteiger partial charge on any atom is 0.142 e. The molecule has 98 valence electrons. The lowest BCUT2D eigenvalue weighted by Gasteiger charge is -2.38. The van der Waals surface area contributed by atoms with Crippen molar-refractivity contribution < 1.29 is 14.2 Å². The van der Waals surface area contributed by atoms with Gasteiger partial charge in [-0.05, 0) is 30.3 Å². The predicted molar refractivity (Wildman–Crippen MR) is 67.0 cm³/mol. The molecule has 1 saturated heterocycles. The highest BCUT2D eigenvalue weighted by atomic mass is 19.1. The Bertz CT molecular complexity index is 577. The molecule has 1 aromatic heterocycles. The van der Waals surface area contributed by atoms with E-state index in [2.05, 4.69) is 9.97 Å². The van der Waals surface area contributed by atoms with Crippen molar-refractivity contribution >= 4 is 0 Å². The molecular formula is C14H13FN2O2. The molecule has 1 aliphatic rings. The van der Waals surface area contributed by atoms with Gasteiger partial charge < -0.3 is 9.84 Å². The molecule has 1 N–H and O–H groups in total. The van der Waals surface area contributed by atoms with Crippen LogP contribution in [0.25, 0.3) is 11.3 Å². The van der Waals surface area contributed by atoms with E-state index in [1.54, 1.807) is 24.4 Å². The molecular weight excluding hydrogens is 247 g/mol. The second-order valence-electron chi connectivity index (χ2n) is 4.70. The first-order chi connectivity index (χ1) is 9.23. The third-order valence-corrected chi connectivity index (χ3v) is 3.33. The SMILES string of the molecule is OCC1(c2nccc(-c3ccc(F)cc3)n2)COC1. The minimum Gasteiger partial charge on any atom is -0.395 e. The summed E-state index contributed by atoms with van der Waals surface area (Å²) >= 11 is 0. The number of halogens is 1. The van der Waals surface area contributed by atoms with Gasteiger partial charge in [0.25, 0.3) is 0 Å². The lowest BCUT2D eigenvalue weighted by molar-refractivity contribution is -0.0883. The maximum atomic E-state index is 12.9. The van der Waals surface area contributed by atoms with Gasteiger partial charge in [0.15, 0.2) is 0 Å². The van der Waals surface area contributed by atoms with Gasteiger partial charge in [-0.1, -0.05) is 0 Å². The fraction of sp³-hybridized carbons (Fsp3) is 0.286. The van der Waals surface area contributed by atoms with Crippen LogP contribution in [0, 0.1) is 5.82 Å². The standard InChI is InChI=1S/C14H13FN2O2/c15-11-3-1-10(2-4-11)12-5-6-16-13(17-12)14(7-18)8-19-9-14/h1-6,18H,7-9H2. The van der Waals surface area contributed by atoms with Crippen molar-refractivity contribution in [2.24, 2.45) is 0 Å². The smallest absolute Gasteiger partial charge is 0.142 e. The normalized spacial score (nSPS) is 16.9. The third-order valence-electron chi connectivity index (χ3n) is 3.33. The Hall–Kier alpha value is -1.85. The number of aliphatic hydroxyl groups excluding tert-OH is 1. The largest absolute Gasteiger partial charge is 0.395 e. The Morgan fingerprint density at radius 2 is 1.95 bits per heavy atom. The van der Waals surface area contributed by atoms with E-state index in [1.165, 1.54) is 12.1 Å². The van der Waals surface area contributed by atoms with Crippen LogP contribution < -0.4 is 0 Å². The molecule has 0 unspecified atom stereocenters. The summed E-state index contributed by atoms with van der Waals surface area (Å²) in [6.07, 6.45) is 1.65. The molecule has 0 spiro atoms. The highest BCUT2D eigenvalue weighted by molar-refractivity contribution is 5.58. The summed E-state index contributed by atoms with van der Waals surface area (Å²) in [6.45, 7) is 0.812. The van der Waals surface area contributed by atoms with Gasteiger partial charge in [-0.3, -0.25) is 0 Å². The zero-order chi connectivity index (χ0) is 13.3. The van der Waals surface area contributed by atoms with E-state index in [9.17, 15) is 9.50 Å². The van der Waals surface area contributed by atoms with Crippen LogP contribution >= 0.6 is 0 Å². The summed E-state index contributed by atoms with van der Waals surface area (Å²) in [7, 11) is 0. The number of ether oxygens (including phenoxy) is 1. The van der Waals surface area contributed by atoms with Crippen molar-refractivity contribution in [2.45, 2.75) is 5.41 Å². The molecule has 1 aromatic carbocycles. The Morgan fingerprint density at radius 1 is 1.21 bits per heavy atom. The van der Waals surface area contributed by atoms with Crippen LogP contribution in [0.4, 0.5) is 4.39 Å². The van der Waals surface area contributed by atoms with Crippen LogP contribution in [0.15, 0.2) is 36.5 Å². The summed E-state index contributed by atoms with van der Waals surface area (Å²) in [4.78, 5) is 8.69. The Morgan fingerprint density at radius 3 is 2.53 bits per heavy atom. The second kappa shape index (κ2) is 4.68. The van der Waals surface area contributed by atoms with Gasteiger partial charge in [0.1, 0.15) is 11.6 Å². The van der Waals surface area contributed by atoms with Crippen LogP contribution in [-0.2, 0) is 10.2 Å². The van der Waals surface area contributed by atoms with Crippen LogP contribution in [0.3, 0.4) is 0 Å². The van der Waals surface area contributed by atoms with Gasteiger partial charge in [-0.2, -0.15) is 0 Å². The maximum absolute atomic E-state index is 12.9. The summed E-state index contributed by atoms with van der Waals surface area (Å²) in [5, 5.41) is 9.48. The van der Waals surface area contributed by atoms with E-state index >= 15 is 0 Å². The van der Waals surface area contributed by atoms with E-state index in [4.69, 9.17) is 4.74 Å². The van der Waals surface area contributed by atoms with Crippen LogP contribution in [0.1, 0.15) is 5.82 Å². The van der Waals surface area contributed by atoms with E-state index < -0.39 is 5.41 Å². The number of hydrogen-bond acceptors (Lipinski definition) is 4. The number of rotatable bonds is 3. The number of benzene rings is 1. The Balaban J connectivity index is 1.98. The Kier molecular flexibility index (Phi) is 3.00. The number of hydrogen-bond donors (Lipinski definition) is 1. The summed E-state index contributed by atoms with van der Waals surface area (Å²) < 4.78 is 18.1. The molecule has 0 saturated carbocycles. The summed E-state index contributed by atoms with van der Waals surface area (Å²) in [5.74, 6) is 0.292. The first-order valence-electron chi connectivity index (χ1n) is 6.02. The fourth-order valence-corrected chi connectivity index (χ4v) is 2.04. The molecule has 0 aliphatic carbocycles. The molecule has 0 amide bonds. The van der Waals surface area contributed by atoms with Gasteiger partial charge in [0.05, 0.1) is 30.9 Å². The zero-order valence-electron chi connectivity index (χ0n) is 10.2. The molecule has 0 atom stereocenters. The van der Waals surface area contributed by atoms with Gasteiger partial charge in [-0.15, -0.1) is 0 Å². The molecule has 4 nitrogen and oxygen atoms in total. The van der Waals surface area contributed by atoms with Gasteiger partial charge in [0.2, 0.25) is 0 Å². The Labute approximate surface area is 109 Å². The van der Waals surface area contributed by atoms with Crippen molar-refractivity contribution in [3.05, 3.63) is 48.2 Å². The number of aliphatic hydroxyl groups is 1. The molecule has 5 heteroatoms. The highest BCUT2D eigenvalue weighted by Crippen LogP contribution is 2.30. The third kappa shape index (κ3) is 2.11. The van der Waals surface area contributed by atoms with Crippen molar-refractivity contribution in [3.63, 3.8) is 0 Å². The lowest BCUT2D eigenvalue weighted by Crippen LogP contribution is -2.51. The van der Waals surface area contributed by atoms with Crippen molar-refractivity contribution in [1.82, 2.24) is 9.97 Å². The van der Waals surface area contributed by atoms with Crippen molar-refractivity contribution in [3.8, 4) is 11.3 Å². The van der Waals surface area contributed by atoms with E-state index in [0.29, 0.717) is 24.7 Å². The van der Waals surface area contributed by atoms with Gasteiger partial charge in [0, 0.05) is 11.8 Å². The molecule has 1 fully saturated rings. The van der Waals surface area contributed by atoms with Gasteiger partial charge >= 0.3 is 0 Å². The molecule has 3 rings (SSSR count). The summed E-state index contributed by atoms with van der Waals surface area (Å²) in [5.41, 5.74) is 1.04. The van der Waals surface area contributed by atoms with E-state index in [0.717, 1.165) is 5.56 Å². The first kappa shape index (κ1) is 12.2. The second-order valence-corrected chi connectivity index (χ2v) is 4.70. The molecule has 0 radical (unpaired) electrons. The molecule has 0 bridgehead atoms. The molecule has 2 heterocycles. The fourth-order valence-electron chi connectivity index (χ4n) is 2.04. The van der Waals surface area contributed by atoms with E-state index in [-0.39, 0.29) is 12.4 Å². The number of nitrogens with zero attached hydrogens (tertiary/aromatic N) is 2. The minimum absolute atomic E-state index is 0.0418. The van der Waals surface area contributed by atoms with Crippen LogP contribution in [0.5, 0.6) is 0 Å². The zero-order valence-corrected chi connectivity index (χ0v) is 10.2. The van der Waals surface area contributed by atoms with Crippen molar-refractivity contribution in [1.29, 1.82) is 0 Å². The molecule has 19 heavy (non-hydrogen) atoms. The molecule has 1 aliphatic heterocycles. The first-order valence-corrected chi connectivity index (χ1v) is 6.02. The van der Waals surface area contributed by atoms with Crippen molar-refractivity contribution in [2.75, 3.05) is 19.8 Å². The molecule has 2 aromatic rings. The van der Waals surface area contributed by atoms with Crippen LogP contribution in [0.2, 0.25) is 0 Å². The monoisotopic (exact) mass is 260 g/mol. The average molecular weight is 260 g/mol.